The normalized spacial score (nSPS) is 16.3. The third-order valence-electron chi connectivity index (χ3n) is 7.37. The van der Waals surface area contributed by atoms with Gasteiger partial charge in [0.2, 0.25) is 5.91 Å². The van der Waals surface area contributed by atoms with Gasteiger partial charge in [-0.3, -0.25) is 14.5 Å². The van der Waals surface area contributed by atoms with Gasteiger partial charge in [0.1, 0.15) is 18.2 Å². The van der Waals surface area contributed by atoms with Gasteiger partial charge in [-0.25, -0.2) is 13.8 Å². The second-order valence-corrected chi connectivity index (χ2v) is 10.6. The molecule has 2 aliphatic rings. The second kappa shape index (κ2) is 12.9. The Hall–Kier alpha value is -3.30. The van der Waals surface area contributed by atoms with Crippen molar-refractivity contribution < 1.29 is 23.5 Å². The third-order valence-corrected chi connectivity index (χ3v) is 7.61. The predicted molar refractivity (Wildman–Crippen MR) is 152 cm³/mol. The van der Waals surface area contributed by atoms with Crippen LogP contribution in [0.3, 0.4) is 0 Å². The molecule has 1 unspecified atom stereocenters. The molecule has 0 saturated carbocycles. The summed E-state index contributed by atoms with van der Waals surface area (Å²) in [5, 5.41) is 13.0. The lowest BCUT2D eigenvalue weighted by Crippen LogP contribution is -2.51. The van der Waals surface area contributed by atoms with Crippen LogP contribution in [0.25, 0.3) is 6.08 Å². The SMILES string of the molecule is O=C(CC(c1ccc(F)cc1)c1ccc(F)cc1)N1CCN(CC(O)CON2CC=Cc3ccc(Cl)cc32)CC1. The summed E-state index contributed by atoms with van der Waals surface area (Å²) in [7, 11) is 0. The second-order valence-electron chi connectivity index (χ2n) is 10.2. The van der Waals surface area contributed by atoms with Gasteiger partial charge in [-0.1, -0.05) is 54.1 Å². The Morgan fingerprint density at radius 3 is 2.17 bits per heavy atom. The Labute approximate surface area is 238 Å². The van der Waals surface area contributed by atoms with E-state index in [9.17, 15) is 18.7 Å². The number of piperazine rings is 1. The number of hydrogen-bond donors (Lipinski definition) is 1. The van der Waals surface area contributed by atoms with Crippen LogP contribution in [0.15, 0.2) is 72.8 Å². The highest BCUT2D eigenvalue weighted by Crippen LogP contribution is 2.30. The zero-order valence-corrected chi connectivity index (χ0v) is 22.8. The summed E-state index contributed by atoms with van der Waals surface area (Å²) >= 11 is 6.15. The average Bonchev–Trinajstić information content (AvgIpc) is 2.96. The molecule has 3 aromatic rings. The molecule has 210 valence electrons. The largest absolute Gasteiger partial charge is 0.389 e. The molecule has 0 aliphatic carbocycles. The van der Waals surface area contributed by atoms with Crippen molar-refractivity contribution in [2.24, 2.45) is 0 Å². The van der Waals surface area contributed by atoms with E-state index in [1.54, 1.807) is 29.3 Å². The fourth-order valence-corrected chi connectivity index (χ4v) is 5.36. The lowest BCUT2D eigenvalue weighted by molar-refractivity contribution is -0.133. The van der Waals surface area contributed by atoms with Crippen molar-refractivity contribution in [1.82, 2.24) is 9.80 Å². The van der Waals surface area contributed by atoms with E-state index in [0.29, 0.717) is 44.3 Å². The number of carbonyl (C=O) groups excluding carboxylic acids is 1. The summed E-state index contributed by atoms with van der Waals surface area (Å²) in [4.78, 5) is 23.1. The molecular formula is C31H32ClF2N3O3. The summed E-state index contributed by atoms with van der Waals surface area (Å²) in [6.45, 7) is 3.47. The number of carbonyl (C=O) groups is 1. The van der Waals surface area contributed by atoms with Crippen LogP contribution in [0.5, 0.6) is 0 Å². The lowest BCUT2D eigenvalue weighted by Gasteiger charge is -2.36. The minimum absolute atomic E-state index is 0.0161. The average molecular weight is 568 g/mol. The molecule has 1 amide bonds. The van der Waals surface area contributed by atoms with Gasteiger partial charge >= 0.3 is 0 Å². The number of β-amino-alcohol motifs (C(OH)–C–C–N with tert-alkyl or cyclic N) is 1. The molecule has 1 fully saturated rings. The first kappa shape index (κ1) is 28.2. The van der Waals surface area contributed by atoms with Gasteiger partial charge in [-0.2, -0.15) is 0 Å². The molecular weight excluding hydrogens is 536 g/mol. The maximum Gasteiger partial charge on any atom is 0.223 e. The van der Waals surface area contributed by atoms with Crippen LogP contribution in [0, 0.1) is 11.6 Å². The van der Waals surface area contributed by atoms with E-state index in [0.717, 1.165) is 22.4 Å². The Balaban J connectivity index is 1.12. The summed E-state index contributed by atoms with van der Waals surface area (Å²) in [5.74, 6) is -1.02. The monoisotopic (exact) mass is 567 g/mol. The Bertz CT molecular complexity index is 1280. The van der Waals surface area contributed by atoms with Gasteiger partial charge in [-0.15, -0.1) is 0 Å². The molecule has 6 nitrogen and oxygen atoms in total. The highest BCUT2D eigenvalue weighted by atomic mass is 35.5. The third kappa shape index (κ3) is 7.06. The molecule has 1 N–H and O–H groups in total. The Morgan fingerprint density at radius 2 is 1.55 bits per heavy atom. The van der Waals surface area contributed by atoms with Crippen LogP contribution in [-0.2, 0) is 9.63 Å². The van der Waals surface area contributed by atoms with Crippen molar-refractivity contribution in [2.45, 2.75) is 18.4 Å². The van der Waals surface area contributed by atoms with Crippen molar-refractivity contribution in [1.29, 1.82) is 0 Å². The zero-order valence-electron chi connectivity index (χ0n) is 22.1. The molecule has 0 radical (unpaired) electrons. The number of benzene rings is 3. The number of halogens is 3. The van der Waals surface area contributed by atoms with E-state index in [1.165, 1.54) is 24.3 Å². The smallest absolute Gasteiger partial charge is 0.223 e. The van der Waals surface area contributed by atoms with E-state index in [1.807, 2.05) is 35.3 Å². The van der Waals surface area contributed by atoms with Gasteiger partial charge in [-0.05, 0) is 47.5 Å². The highest BCUT2D eigenvalue weighted by molar-refractivity contribution is 6.31. The molecule has 0 aromatic heterocycles. The predicted octanol–water partition coefficient (Wildman–Crippen LogP) is 5.11. The Morgan fingerprint density at radius 1 is 0.925 bits per heavy atom. The topological polar surface area (TPSA) is 56.3 Å². The molecule has 2 aliphatic heterocycles. The molecule has 9 heteroatoms. The van der Waals surface area contributed by atoms with E-state index in [4.69, 9.17) is 16.4 Å². The Kier molecular flexibility index (Phi) is 9.11. The fraction of sp³-hybridized carbons (Fsp3) is 0.323. The molecule has 40 heavy (non-hydrogen) atoms. The summed E-state index contributed by atoms with van der Waals surface area (Å²) in [5.41, 5.74) is 3.48. The first-order chi connectivity index (χ1) is 19.4. The molecule has 0 spiro atoms. The minimum atomic E-state index is -0.697. The van der Waals surface area contributed by atoms with Gasteiger partial charge in [0.05, 0.1) is 18.3 Å². The summed E-state index contributed by atoms with van der Waals surface area (Å²) in [6.07, 6.45) is 3.51. The number of rotatable bonds is 9. The summed E-state index contributed by atoms with van der Waals surface area (Å²) in [6, 6.07) is 17.8. The van der Waals surface area contributed by atoms with Crippen LogP contribution in [0.4, 0.5) is 14.5 Å². The van der Waals surface area contributed by atoms with Crippen molar-refractivity contribution >= 4 is 29.3 Å². The molecule has 0 bridgehead atoms. The van der Waals surface area contributed by atoms with Gasteiger partial charge < -0.3 is 10.0 Å². The van der Waals surface area contributed by atoms with E-state index >= 15 is 0 Å². The number of aliphatic hydroxyl groups is 1. The van der Waals surface area contributed by atoms with Crippen molar-refractivity contribution in [3.8, 4) is 0 Å². The number of aliphatic hydroxyl groups excluding tert-OH is 1. The highest BCUT2D eigenvalue weighted by Gasteiger charge is 2.26. The van der Waals surface area contributed by atoms with Crippen molar-refractivity contribution in [3.05, 3.63) is 106 Å². The first-order valence-corrected chi connectivity index (χ1v) is 13.8. The van der Waals surface area contributed by atoms with Gasteiger partial charge in [0.15, 0.2) is 0 Å². The quantitative estimate of drug-likeness (QED) is 0.389. The van der Waals surface area contributed by atoms with E-state index in [-0.39, 0.29) is 36.5 Å². The molecule has 1 saturated heterocycles. The number of fused-ring (bicyclic) bond motifs is 1. The van der Waals surface area contributed by atoms with Crippen LogP contribution < -0.4 is 5.06 Å². The molecule has 2 heterocycles. The molecule has 3 aromatic carbocycles. The van der Waals surface area contributed by atoms with Gasteiger partial charge in [0, 0.05) is 55.6 Å². The summed E-state index contributed by atoms with van der Waals surface area (Å²) < 4.78 is 27.1. The molecule has 1 atom stereocenters. The zero-order chi connectivity index (χ0) is 28.1. The van der Waals surface area contributed by atoms with Crippen LogP contribution in [-0.4, -0.2) is 72.8 Å². The van der Waals surface area contributed by atoms with Crippen molar-refractivity contribution in [3.63, 3.8) is 0 Å². The maximum atomic E-state index is 13.5. The minimum Gasteiger partial charge on any atom is -0.389 e. The maximum absolute atomic E-state index is 13.5. The molecule has 5 rings (SSSR count). The number of hydrogen-bond acceptors (Lipinski definition) is 5. The van der Waals surface area contributed by atoms with Gasteiger partial charge in [0.25, 0.3) is 0 Å². The first-order valence-electron chi connectivity index (χ1n) is 13.4. The van der Waals surface area contributed by atoms with Crippen LogP contribution >= 0.6 is 11.6 Å². The number of nitrogens with zero attached hydrogens (tertiary/aromatic N) is 3. The standard InChI is InChI=1S/C31H32ClF2N3O3/c32-25-8-3-24-2-1-13-37(30(24)18-25)40-21-28(38)20-35-14-16-36(17-15-35)31(39)19-29(22-4-9-26(33)10-5-22)23-6-11-27(34)12-7-23/h1-12,18,28-29,38H,13-17,19-21H2. The van der Waals surface area contributed by atoms with Crippen LogP contribution in [0.1, 0.15) is 29.0 Å². The van der Waals surface area contributed by atoms with E-state index in [2.05, 4.69) is 4.90 Å². The van der Waals surface area contributed by atoms with E-state index < -0.39 is 6.10 Å². The lowest BCUT2D eigenvalue weighted by atomic mass is 9.88. The fourth-order valence-electron chi connectivity index (χ4n) is 5.20. The van der Waals surface area contributed by atoms with Crippen LogP contribution in [0.2, 0.25) is 5.02 Å². The number of hydroxylamine groups is 1. The number of anilines is 1. The number of amides is 1. The van der Waals surface area contributed by atoms with Crippen molar-refractivity contribution in [2.75, 3.05) is 50.9 Å².